The Labute approximate surface area is 120 Å². The fourth-order valence-corrected chi connectivity index (χ4v) is 2.53. The van der Waals surface area contributed by atoms with E-state index in [0.29, 0.717) is 17.3 Å². The molecule has 0 unspecified atom stereocenters. The number of benzene rings is 2. The molecule has 1 heterocycles. The molecule has 0 bridgehead atoms. The Morgan fingerprint density at radius 2 is 1.52 bits per heavy atom. The standard InChI is InChI=1S/C17H13NO3/c19-16(20)10-5-11-18-14-8-3-1-6-12(14)17(21)13-7-2-4-9-15(13)18/h1-10H,11H2,(H,19,20)/b10-5+. The van der Waals surface area contributed by atoms with Gasteiger partial charge in [-0.3, -0.25) is 4.79 Å². The average Bonchev–Trinajstić information content (AvgIpc) is 2.50. The summed E-state index contributed by atoms with van der Waals surface area (Å²) in [6.45, 7) is 0.396. The van der Waals surface area contributed by atoms with E-state index >= 15 is 0 Å². The van der Waals surface area contributed by atoms with Gasteiger partial charge in [-0.15, -0.1) is 0 Å². The fraction of sp³-hybridized carbons (Fsp3) is 0.0588. The number of aromatic nitrogens is 1. The minimum absolute atomic E-state index is 0.000311. The van der Waals surface area contributed by atoms with Crippen molar-refractivity contribution in [2.24, 2.45) is 0 Å². The summed E-state index contributed by atoms with van der Waals surface area (Å²) < 4.78 is 1.95. The number of carbonyl (C=O) groups is 1. The lowest BCUT2D eigenvalue weighted by Gasteiger charge is -2.13. The number of hydrogen-bond donors (Lipinski definition) is 1. The first-order valence-corrected chi connectivity index (χ1v) is 6.58. The van der Waals surface area contributed by atoms with Crippen molar-refractivity contribution in [2.45, 2.75) is 6.54 Å². The molecule has 0 aliphatic heterocycles. The molecule has 1 aromatic heterocycles. The lowest BCUT2D eigenvalue weighted by molar-refractivity contribution is -0.131. The molecule has 0 saturated heterocycles. The van der Waals surface area contributed by atoms with Gasteiger partial charge in [0.2, 0.25) is 0 Å². The Morgan fingerprint density at radius 3 is 2.05 bits per heavy atom. The van der Waals surface area contributed by atoms with Gasteiger partial charge in [-0.25, -0.2) is 4.79 Å². The summed E-state index contributed by atoms with van der Waals surface area (Å²) in [5.74, 6) is -0.982. The maximum absolute atomic E-state index is 12.5. The van der Waals surface area contributed by atoms with Crippen LogP contribution in [0.4, 0.5) is 0 Å². The van der Waals surface area contributed by atoms with E-state index in [0.717, 1.165) is 17.1 Å². The molecule has 0 aliphatic rings. The highest BCUT2D eigenvalue weighted by molar-refractivity contribution is 5.93. The molecule has 3 aromatic rings. The minimum Gasteiger partial charge on any atom is -0.478 e. The Balaban J connectivity index is 2.35. The zero-order valence-corrected chi connectivity index (χ0v) is 11.2. The van der Waals surface area contributed by atoms with Gasteiger partial charge in [0.1, 0.15) is 0 Å². The van der Waals surface area contributed by atoms with E-state index in [1.54, 1.807) is 18.2 Å². The molecule has 0 fully saturated rings. The molecule has 104 valence electrons. The van der Waals surface area contributed by atoms with Crippen LogP contribution in [0.5, 0.6) is 0 Å². The molecule has 0 radical (unpaired) electrons. The molecule has 21 heavy (non-hydrogen) atoms. The van der Waals surface area contributed by atoms with Crippen molar-refractivity contribution >= 4 is 27.8 Å². The van der Waals surface area contributed by atoms with E-state index in [1.165, 1.54) is 0 Å². The zero-order valence-electron chi connectivity index (χ0n) is 11.2. The third kappa shape index (κ3) is 2.31. The van der Waals surface area contributed by atoms with Gasteiger partial charge in [0.15, 0.2) is 5.43 Å². The van der Waals surface area contributed by atoms with E-state index in [2.05, 4.69) is 0 Å². The molecule has 3 rings (SSSR count). The third-order valence-electron chi connectivity index (χ3n) is 3.43. The molecule has 2 aromatic carbocycles. The van der Waals surface area contributed by atoms with E-state index in [9.17, 15) is 9.59 Å². The SMILES string of the molecule is O=C(O)/C=C/Cn1c2ccccc2c(=O)c2ccccc21. The Morgan fingerprint density at radius 1 is 1.00 bits per heavy atom. The largest absolute Gasteiger partial charge is 0.478 e. The number of hydrogen-bond acceptors (Lipinski definition) is 2. The summed E-state index contributed by atoms with van der Waals surface area (Å²) in [5.41, 5.74) is 1.60. The second-order valence-electron chi connectivity index (χ2n) is 4.71. The third-order valence-corrected chi connectivity index (χ3v) is 3.43. The number of fused-ring (bicyclic) bond motifs is 2. The van der Waals surface area contributed by atoms with Crippen LogP contribution in [0, 0.1) is 0 Å². The van der Waals surface area contributed by atoms with Crippen LogP contribution in [0.25, 0.3) is 21.8 Å². The number of carboxylic acid groups (broad SMARTS) is 1. The zero-order chi connectivity index (χ0) is 14.8. The lowest BCUT2D eigenvalue weighted by Crippen LogP contribution is -2.11. The van der Waals surface area contributed by atoms with Crippen LogP contribution in [0.3, 0.4) is 0 Å². The van der Waals surface area contributed by atoms with E-state index in [-0.39, 0.29) is 5.43 Å². The highest BCUT2D eigenvalue weighted by atomic mass is 16.4. The Kier molecular flexibility index (Phi) is 3.28. The molecule has 0 saturated carbocycles. The molecule has 0 amide bonds. The van der Waals surface area contributed by atoms with Crippen molar-refractivity contribution in [3.63, 3.8) is 0 Å². The van der Waals surface area contributed by atoms with Crippen LogP contribution in [-0.2, 0) is 11.3 Å². The molecular weight excluding hydrogens is 266 g/mol. The van der Waals surface area contributed by atoms with Crippen molar-refractivity contribution in [1.29, 1.82) is 0 Å². The Bertz CT molecular complexity index is 862. The number of allylic oxidation sites excluding steroid dienone is 1. The van der Waals surface area contributed by atoms with Crippen LogP contribution in [0.2, 0.25) is 0 Å². The fourth-order valence-electron chi connectivity index (χ4n) is 2.53. The van der Waals surface area contributed by atoms with Crippen molar-refractivity contribution in [3.05, 3.63) is 70.9 Å². The van der Waals surface area contributed by atoms with Gasteiger partial charge in [-0.05, 0) is 24.3 Å². The summed E-state index contributed by atoms with van der Waals surface area (Å²) in [7, 11) is 0. The van der Waals surface area contributed by atoms with Gasteiger partial charge in [0.25, 0.3) is 0 Å². The first-order chi connectivity index (χ1) is 10.2. The van der Waals surface area contributed by atoms with E-state index in [4.69, 9.17) is 5.11 Å². The normalized spacial score (nSPS) is 11.4. The number of para-hydroxylation sites is 2. The van der Waals surface area contributed by atoms with Crippen LogP contribution in [-0.4, -0.2) is 15.6 Å². The predicted octanol–water partition coefficient (Wildman–Crippen LogP) is 2.80. The summed E-state index contributed by atoms with van der Waals surface area (Å²) in [5, 5.41) is 9.99. The smallest absolute Gasteiger partial charge is 0.328 e. The number of carboxylic acids is 1. The second kappa shape index (κ2) is 5.25. The number of aliphatic carboxylic acids is 1. The lowest BCUT2D eigenvalue weighted by atomic mass is 10.1. The quantitative estimate of drug-likeness (QED) is 0.592. The van der Waals surface area contributed by atoms with E-state index in [1.807, 2.05) is 41.0 Å². The Hall–Kier alpha value is -2.88. The highest BCUT2D eigenvalue weighted by Crippen LogP contribution is 2.18. The van der Waals surface area contributed by atoms with Crippen molar-refractivity contribution < 1.29 is 9.90 Å². The van der Waals surface area contributed by atoms with Crippen molar-refractivity contribution in [1.82, 2.24) is 4.57 Å². The topological polar surface area (TPSA) is 59.3 Å². The summed E-state index contributed by atoms with van der Waals surface area (Å²) in [6.07, 6.45) is 2.69. The van der Waals surface area contributed by atoms with Gasteiger partial charge in [0.05, 0.1) is 11.0 Å². The van der Waals surface area contributed by atoms with Gasteiger partial charge in [-0.1, -0.05) is 30.3 Å². The first-order valence-electron chi connectivity index (χ1n) is 6.58. The average molecular weight is 279 g/mol. The number of rotatable bonds is 3. The highest BCUT2D eigenvalue weighted by Gasteiger charge is 2.08. The summed E-state index contributed by atoms with van der Waals surface area (Å²) in [4.78, 5) is 23.1. The van der Waals surface area contributed by atoms with E-state index < -0.39 is 5.97 Å². The molecule has 0 aliphatic carbocycles. The molecule has 0 atom stereocenters. The number of nitrogens with zero attached hydrogens (tertiary/aromatic N) is 1. The maximum atomic E-state index is 12.5. The first kappa shape index (κ1) is 13.1. The predicted molar refractivity (Wildman–Crippen MR) is 82.5 cm³/mol. The molecule has 4 nitrogen and oxygen atoms in total. The minimum atomic E-state index is -0.982. The van der Waals surface area contributed by atoms with Crippen LogP contribution in [0.1, 0.15) is 0 Å². The van der Waals surface area contributed by atoms with Crippen LogP contribution in [0.15, 0.2) is 65.5 Å². The van der Waals surface area contributed by atoms with Crippen LogP contribution < -0.4 is 5.43 Å². The second-order valence-corrected chi connectivity index (χ2v) is 4.71. The molecule has 4 heteroatoms. The van der Waals surface area contributed by atoms with Crippen molar-refractivity contribution in [2.75, 3.05) is 0 Å². The maximum Gasteiger partial charge on any atom is 0.328 e. The summed E-state index contributed by atoms with van der Waals surface area (Å²) >= 11 is 0. The van der Waals surface area contributed by atoms with Gasteiger partial charge in [-0.2, -0.15) is 0 Å². The molecule has 0 spiro atoms. The molecule has 1 N–H and O–H groups in total. The van der Waals surface area contributed by atoms with Gasteiger partial charge < -0.3 is 9.67 Å². The monoisotopic (exact) mass is 279 g/mol. The molecular formula is C17H13NO3. The summed E-state index contributed by atoms with van der Waals surface area (Å²) in [6, 6.07) is 14.7. The van der Waals surface area contributed by atoms with Gasteiger partial charge in [0, 0.05) is 23.4 Å². The number of pyridine rings is 1. The van der Waals surface area contributed by atoms with Crippen molar-refractivity contribution in [3.8, 4) is 0 Å². The van der Waals surface area contributed by atoms with Crippen LogP contribution >= 0.6 is 0 Å². The van der Waals surface area contributed by atoms with Gasteiger partial charge >= 0.3 is 5.97 Å².